The highest BCUT2D eigenvalue weighted by atomic mass is 16.5. The number of hydrogen-bond donors (Lipinski definition) is 1. The van der Waals surface area contributed by atoms with Gasteiger partial charge in [0.15, 0.2) is 0 Å². The summed E-state index contributed by atoms with van der Waals surface area (Å²) in [7, 11) is 0. The zero-order valence-electron chi connectivity index (χ0n) is 10.4. The minimum absolute atomic E-state index is 0.0304. The normalized spacial score (nSPS) is 49.8. The summed E-state index contributed by atoms with van der Waals surface area (Å²) >= 11 is 0. The van der Waals surface area contributed by atoms with Crippen LogP contribution in [0.2, 0.25) is 0 Å². The minimum Gasteiger partial charge on any atom is -0.393 e. The first kappa shape index (κ1) is 11.4. The highest BCUT2D eigenvalue weighted by molar-refractivity contribution is 4.94. The molecular weight excluding hydrogens is 188 g/mol. The molecule has 2 heteroatoms. The van der Waals surface area contributed by atoms with Gasteiger partial charge in [0.2, 0.25) is 0 Å². The third-order valence-corrected chi connectivity index (χ3v) is 4.27. The van der Waals surface area contributed by atoms with Crippen LogP contribution in [-0.4, -0.2) is 22.9 Å². The fourth-order valence-electron chi connectivity index (χ4n) is 3.48. The van der Waals surface area contributed by atoms with E-state index in [1.54, 1.807) is 0 Å². The lowest BCUT2D eigenvalue weighted by molar-refractivity contribution is -0.186. The van der Waals surface area contributed by atoms with E-state index in [1.165, 1.54) is 0 Å². The molecule has 1 saturated heterocycles. The summed E-state index contributed by atoms with van der Waals surface area (Å²) in [5.41, 5.74) is 0.0304. The van der Waals surface area contributed by atoms with Crippen molar-refractivity contribution in [3.05, 3.63) is 0 Å². The lowest BCUT2D eigenvalue weighted by Crippen LogP contribution is -2.50. The second-order valence-corrected chi connectivity index (χ2v) is 6.28. The molecule has 0 spiro atoms. The minimum atomic E-state index is -0.112. The average molecular weight is 212 g/mol. The van der Waals surface area contributed by atoms with Gasteiger partial charge in [-0.25, -0.2) is 0 Å². The van der Waals surface area contributed by atoms with Crippen molar-refractivity contribution >= 4 is 0 Å². The summed E-state index contributed by atoms with van der Waals surface area (Å²) in [4.78, 5) is 0. The Balaban J connectivity index is 2.11. The van der Waals surface area contributed by atoms with Gasteiger partial charge in [-0.3, -0.25) is 0 Å². The number of aliphatic hydroxyl groups excluding tert-OH is 1. The van der Waals surface area contributed by atoms with Gasteiger partial charge in [0.25, 0.3) is 0 Å². The molecule has 15 heavy (non-hydrogen) atoms. The van der Waals surface area contributed by atoms with Gasteiger partial charge in [0, 0.05) is 0 Å². The van der Waals surface area contributed by atoms with Gasteiger partial charge < -0.3 is 9.84 Å². The van der Waals surface area contributed by atoms with E-state index in [4.69, 9.17) is 4.74 Å². The molecule has 2 fully saturated rings. The van der Waals surface area contributed by atoms with Crippen molar-refractivity contribution in [2.24, 2.45) is 17.8 Å². The quantitative estimate of drug-likeness (QED) is 0.669. The Hall–Kier alpha value is -0.0800. The average Bonchev–Trinajstić information content (AvgIpc) is 2.07. The van der Waals surface area contributed by atoms with E-state index in [-0.39, 0.29) is 11.7 Å². The van der Waals surface area contributed by atoms with Crippen molar-refractivity contribution < 1.29 is 9.84 Å². The number of aliphatic hydroxyl groups is 1. The van der Waals surface area contributed by atoms with E-state index < -0.39 is 0 Å². The van der Waals surface area contributed by atoms with Crippen LogP contribution in [0, 0.1) is 17.8 Å². The van der Waals surface area contributed by atoms with Crippen molar-refractivity contribution in [3.63, 3.8) is 0 Å². The fraction of sp³-hybridized carbons (Fsp3) is 1.00. The largest absolute Gasteiger partial charge is 0.393 e. The van der Waals surface area contributed by atoms with Crippen molar-refractivity contribution in [2.45, 2.75) is 64.8 Å². The molecule has 5 atom stereocenters. The Bertz CT molecular complexity index is 237. The topological polar surface area (TPSA) is 29.5 Å². The first-order chi connectivity index (χ1) is 6.89. The number of fused-ring (bicyclic) bond motifs is 1. The smallest absolute Gasteiger partial charge is 0.0633 e. The Morgan fingerprint density at radius 2 is 1.80 bits per heavy atom. The Morgan fingerprint density at radius 3 is 2.47 bits per heavy atom. The summed E-state index contributed by atoms with van der Waals surface area (Å²) in [5, 5.41) is 9.91. The first-order valence-corrected chi connectivity index (χ1v) is 6.25. The summed E-state index contributed by atoms with van der Waals surface area (Å²) in [6.45, 7) is 8.83. The predicted octanol–water partition coefficient (Wildman–Crippen LogP) is 2.60. The lowest BCUT2D eigenvalue weighted by Gasteiger charge is -2.49. The first-order valence-electron chi connectivity index (χ1n) is 6.25. The van der Waals surface area contributed by atoms with Crippen molar-refractivity contribution in [1.82, 2.24) is 0 Å². The fourth-order valence-corrected chi connectivity index (χ4v) is 3.48. The number of rotatable bonds is 0. The molecule has 1 aliphatic carbocycles. The van der Waals surface area contributed by atoms with Crippen LogP contribution in [0.5, 0.6) is 0 Å². The van der Waals surface area contributed by atoms with Crippen molar-refractivity contribution in [3.8, 4) is 0 Å². The van der Waals surface area contributed by atoms with Crippen LogP contribution in [0.15, 0.2) is 0 Å². The van der Waals surface area contributed by atoms with Gasteiger partial charge in [-0.05, 0) is 50.9 Å². The van der Waals surface area contributed by atoms with Gasteiger partial charge in [-0.2, -0.15) is 0 Å². The molecule has 3 unspecified atom stereocenters. The summed E-state index contributed by atoms with van der Waals surface area (Å²) in [6, 6.07) is 0. The summed E-state index contributed by atoms with van der Waals surface area (Å²) < 4.78 is 6.16. The van der Waals surface area contributed by atoms with Gasteiger partial charge in [0.1, 0.15) is 0 Å². The second-order valence-electron chi connectivity index (χ2n) is 6.28. The summed E-state index contributed by atoms with van der Waals surface area (Å²) in [6.07, 6.45) is 3.35. The molecule has 0 bridgehead atoms. The molecule has 2 nitrogen and oxygen atoms in total. The molecule has 2 rings (SSSR count). The Labute approximate surface area is 93.0 Å². The van der Waals surface area contributed by atoms with E-state index in [9.17, 15) is 5.11 Å². The van der Waals surface area contributed by atoms with E-state index in [2.05, 4.69) is 27.7 Å². The molecule has 0 amide bonds. The SMILES string of the molecule is CC1CC(C)(C)O[C@H]2C[C@@H](C)C(O)CC12. The van der Waals surface area contributed by atoms with E-state index in [0.29, 0.717) is 23.9 Å². The van der Waals surface area contributed by atoms with Gasteiger partial charge in [-0.1, -0.05) is 13.8 Å². The van der Waals surface area contributed by atoms with Crippen LogP contribution in [0.25, 0.3) is 0 Å². The van der Waals surface area contributed by atoms with Gasteiger partial charge >= 0.3 is 0 Å². The van der Waals surface area contributed by atoms with Crippen LogP contribution >= 0.6 is 0 Å². The molecule has 1 N–H and O–H groups in total. The maximum absolute atomic E-state index is 9.91. The monoisotopic (exact) mass is 212 g/mol. The van der Waals surface area contributed by atoms with Gasteiger partial charge in [-0.15, -0.1) is 0 Å². The number of hydrogen-bond acceptors (Lipinski definition) is 2. The third-order valence-electron chi connectivity index (χ3n) is 4.27. The molecule has 2 aliphatic rings. The standard InChI is InChI=1S/C13H24O2/c1-8-5-12-10(6-11(8)14)9(2)7-13(3,4)15-12/h8-12,14H,5-7H2,1-4H3/t8-,9?,10?,11?,12+/m1/s1. The molecule has 1 heterocycles. The maximum Gasteiger partial charge on any atom is 0.0633 e. The molecule has 0 aromatic heterocycles. The zero-order valence-corrected chi connectivity index (χ0v) is 10.4. The number of ether oxygens (including phenoxy) is 1. The van der Waals surface area contributed by atoms with Crippen LogP contribution in [0.1, 0.15) is 47.0 Å². The second kappa shape index (κ2) is 3.74. The maximum atomic E-state index is 9.91. The molecule has 0 aromatic carbocycles. The van der Waals surface area contributed by atoms with E-state index in [1.807, 2.05) is 0 Å². The molecule has 1 aliphatic heterocycles. The van der Waals surface area contributed by atoms with Crippen molar-refractivity contribution in [2.75, 3.05) is 0 Å². The molecular formula is C13H24O2. The zero-order chi connectivity index (χ0) is 11.2. The molecule has 1 saturated carbocycles. The lowest BCUT2D eigenvalue weighted by atomic mass is 9.68. The van der Waals surface area contributed by atoms with Crippen LogP contribution < -0.4 is 0 Å². The van der Waals surface area contributed by atoms with E-state index >= 15 is 0 Å². The highest BCUT2D eigenvalue weighted by Crippen LogP contribution is 2.44. The Kier molecular flexibility index (Phi) is 2.85. The molecule has 0 radical (unpaired) electrons. The molecule has 0 aromatic rings. The summed E-state index contributed by atoms with van der Waals surface area (Å²) in [5.74, 6) is 1.65. The van der Waals surface area contributed by atoms with Crippen LogP contribution in [0.4, 0.5) is 0 Å². The van der Waals surface area contributed by atoms with Gasteiger partial charge in [0.05, 0.1) is 17.8 Å². The van der Waals surface area contributed by atoms with Crippen LogP contribution in [0.3, 0.4) is 0 Å². The van der Waals surface area contributed by atoms with Crippen molar-refractivity contribution in [1.29, 1.82) is 0 Å². The predicted molar refractivity (Wildman–Crippen MR) is 60.6 cm³/mol. The Morgan fingerprint density at radius 1 is 1.13 bits per heavy atom. The molecule has 88 valence electrons. The highest BCUT2D eigenvalue weighted by Gasteiger charge is 2.44. The van der Waals surface area contributed by atoms with E-state index in [0.717, 1.165) is 19.3 Å². The van der Waals surface area contributed by atoms with Crippen LogP contribution in [-0.2, 0) is 4.74 Å². The third kappa shape index (κ3) is 2.21.